The van der Waals surface area contributed by atoms with Crippen LogP contribution in [-0.2, 0) is 68.0 Å². The molecule has 1 amide bonds. The van der Waals surface area contributed by atoms with Gasteiger partial charge in [0.25, 0.3) is 5.91 Å². The highest BCUT2D eigenvalue weighted by molar-refractivity contribution is 7.91. The van der Waals surface area contributed by atoms with E-state index in [-0.39, 0.29) is 69.4 Å². The van der Waals surface area contributed by atoms with E-state index in [0.29, 0.717) is 49.5 Å². The van der Waals surface area contributed by atoms with Crippen molar-refractivity contribution >= 4 is 51.0 Å². The van der Waals surface area contributed by atoms with Crippen LogP contribution in [0.15, 0.2) is 73.3 Å². The molecule has 4 aliphatic rings. The summed E-state index contributed by atoms with van der Waals surface area (Å²) in [6, 6.07) is 16.3. The van der Waals surface area contributed by atoms with E-state index in [0.717, 1.165) is 95.9 Å². The van der Waals surface area contributed by atoms with E-state index in [9.17, 15) is 41.7 Å². The van der Waals surface area contributed by atoms with E-state index in [1.165, 1.54) is 0 Å². The monoisotopic (exact) mass is 1230 g/mol. The van der Waals surface area contributed by atoms with Gasteiger partial charge in [0, 0.05) is 49.6 Å². The molecule has 2 aliphatic heterocycles. The number of rotatable bonds is 16. The second kappa shape index (κ2) is 25.4. The number of nitrogens with one attached hydrogen (secondary N) is 2. The number of amides is 1. The summed E-state index contributed by atoms with van der Waals surface area (Å²) in [5.74, 6) is -0.313. The molecule has 7 N–H and O–H groups in total. The van der Waals surface area contributed by atoms with E-state index >= 15 is 0 Å². The van der Waals surface area contributed by atoms with Crippen LogP contribution in [0.25, 0.3) is 0 Å². The molecule has 20 nitrogen and oxygen atoms in total. The van der Waals surface area contributed by atoms with Gasteiger partial charge in [-0.25, -0.2) is 26.3 Å². The third kappa shape index (κ3) is 17.0. The number of benzene rings is 2. The number of ether oxygens (including phenoxy) is 1. The highest BCUT2D eigenvalue weighted by atomic mass is 32.2. The average molecular weight is 1230 g/mol. The Morgan fingerprint density at radius 1 is 0.765 bits per heavy atom. The van der Waals surface area contributed by atoms with Gasteiger partial charge in [-0.15, -0.1) is 0 Å². The molecule has 2 fully saturated rings. The lowest BCUT2D eigenvalue weighted by Gasteiger charge is -2.31. The third-order valence-electron chi connectivity index (χ3n) is 17.2. The summed E-state index contributed by atoms with van der Waals surface area (Å²) in [5, 5.41) is 53.9. The number of aromatic carboxylic acids is 1. The van der Waals surface area contributed by atoms with Gasteiger partial charge in [0.1, 0.15) is 26.4 Å². The Balaban J connectivity index is 0.000000175. The Labute approximate surface area is 502 Å². The minimum Gasteiger partial charge on any atom is -0.476 e. The second-order valence-electron chi connectivity index (χ2n) is 27.8. The van der Waals surface area contributed by atoms with Crippen molar-refractivity contribution in [1.82, 2.24) is 39.5 Å². The van der Waals surface area contributed by atoms with Gasteiger partial charge in [-0.3, -0.25) is 19.3 Å². The summed E-state index contributed by atoms with van der Waals surface area (Å²) in [6.07, 6.45) is 14.4. The molecule has 0 bridgehead atoms. The van der Waals surface area contributed by atoms with Crippen molar-refractivity contribution in [3.05, 3.63) is 129 Å². The largest absolute Gasteiger partial charge is 0.476 e. The van der Waals surface area contributed by atoms with Gasteiger partial charge in [0.15, 0.2) is 11.4 Å². The number of aliphatic hydroxyl groups is 2. The van der Waals surface area contributed by atoms with Gasteiger partial charge >= 0.3 is 5.97 Å². The molecule has 23 heteroatoms. The Bertz CT molecular complexity index is 3540. The molecule has 6 heterocycles. The van der Waals surface area contributed by atoms with Crippen molar-refractivity contribution in [2.45, 2.75) is 175 Å². The van der Waals surface area contributed by atoms with Crippen molar-refractivity contribution in [2.24, 2.45) is 22.7 Å². The Hall–Kier alpha value is -5.98. The first-order chi connectivity index (χ1) is 39.6. The second-order valence-corrected chi connectivity index (χ2v) is 38.0. The predicted molar refractivity (Wildman–Crippen MR) is 333 cm³/mol. The molecule has 10 rings (SSSR count). The molecular formula is C62H90N10O10S2Si. The van der Waals surface area contributed by atoms with Gasteiger partial charge in [-0.2, -0.15) is 20.4 Å². The van der Waals surface area contributed by atoms with Crippen LogP contribution >= 0.6 is 0 Å². The molecule has 2 aromatic carbocycles. The quantitative estimate of drug-likeness (QED) is 0.0388. The fraction of sp³-hybridized carbons (Fsp3) is 0.581. The molecule has 85 heavy (non-hydrogen) atoms. The summed E-state index contributed by atoms with van der Waals surface area (Å²) >= 11 is 0. The van der Waals surface area contributed by atoms with Gasteiger partial charge in [0.05, 0.1) is 70.1 Å². The van der Waals surface area contributed by atoms with Crippen LogP contribution in [0.5, 0.6) is 0 Å². The van der Waals surface area contributed by atoms with Crippen molar-refractivity contribution in [1.29, 1.82) is 0 Å². The van der Waals surface area contributed by atoms with Crippen LogP contribution in [0.3, 0.4) is 0 Å². The SMILES string of the molecule is CC(C)(O)c1cccc(C(C2CCS(=O)(=O)CC2)n2cc(N)cn2)c1.CC1(C)CCc2c(C(=O)Nc3cnn(C(c4cccc(C(C)(C)O)c4)C4CCS(=O)(=O)CC4)c3)n[nH]c2C1.CC1(C)CCc2c(C(=O)O)nn(COCC[Si](C)(C)C)c2C1. The molecule has 2 aliphatic carbocycles. The molecular weight excluding hydrogens is 1140 g/mol. The zero-order valence-corrected chi connectivity index (χ0v) is 54.1. The Kier molecular flexibility index (Phi) is 19.4. The first kappa shape index (κ1) is 65.0. The van der Waals surface area contributed by atoms with Gasteiger partial charge in [-0.05, 0) is 143 Å². The molecule has 2 saturated heterocycles. The van der Waals surface area contributed by atoms with Crippen LogP contribution < -0.4 is 11.1 Å². The number of nitrogens with zero attached hydrogens (tertiary/aromatic N) is 7. The molecule has 0 radical (unpaired) electrons. The van der Waals surface area contributed by atoms with Crippen LogP contribution in [-0.4, -0.2) is 121 Å². The van der Waals surface area contributed by atoms with E-state index < -0.39 is 44.9 Å². The summed E-state index contributed by atoms with van der Waals surface area (Å²) in [4.78, 5) is 24.6. The first-order valence-electron chi connectivity index (χ1n) is 29.7. The number of fused-ring (bicyclic) bond motifs is 2. The fourth-order valence-electron chi connectivity index (χ4n) is 12.0. The van der Waals surface area contributed by atoms with Crippen molar-refractivity contribution in [3.63, 3.8) is 0 Å². The lowest BCUT2D eigenvalue weighted by Crippen LogP contribution is -2.31. The number of nitrogen functional groups attached to an aromatic ring is 1. The molecule has 0 spiro atoms. The number of sulfone groups is 2. The maximum Gasteiger partial charge on any atom is 0.356 e. The Morgan fingerprint density at radius 3 is 1.76 bits per heavy atom. The highest BCUT2D eigenvalue weighted by Gasteiger charge is 2.37. The number of hydrogen-bond donors (Lipinski definition) is 6. The lowest BCUT2D eigenvalue weighted by atomic mass is 9.76. The number of hydrogen-bond acceptors (Lipinski definition) is 14. The maximum atomic E-state index is 13.2. The Morgan fingerprint density at radius 2 is 1.27 bits per heavy atom. The number of carbonyl (C=O) groups is 2. The topological polar surface area (TPSA) is 293 Å². The molecule has 6 aromatic rings. The smallest absolute Gasteiger partial charge is 0.356 e. The van der Waals surface area contributed by atoms with Crippen LogP contribution in [0.1, 0.15) is 172 Å². The number of carbonyl (C=O) groups excluding carboxylic acids is 1. The van der Waals surface area contributed by atoms with Crippen LogP contribution in [0, 0.1) is 22.7 Å². The standard InChI is InChI=1S/C28H37N5O4S.C18H25N3O3S.C16H28N2O3Si/c1-27(2)11-8-22-23(15-27)31-32-24(22)26(34)30-21-16-29-33(17-21)25(18-9-12-38(36,37)13-10-18)19-6-5-7-20(14-19)28(3,4)35;1-18(2,22)15-5-3-4-14(10-15)17(21-12-16(19)11-20-21)13-6-8-25(23,24)9-7-13;1-16(2)7-6-12-13(10-16)18(17-14(12)15(19)20)11-21-8-9-22(3,4)5/h5-7,14,16-18,25,35H,8-13,15H2,1-4H3,(H,30,34)(H,31,32);3-5,10-13,17,22H,6-9,19H2,1-2H3;6-11H2,1-5H3,(H,19,20). The molecule has 4 aromatic heterocycles. The number of aromatic nitrogens is 8. The van der Waals surface area contributed by atoms with Gasteiger partial charge in [-0.1, -0.05) is 95.9 Å². The number of aromatic amines is 1. The number of anilines is 2. The predicted octanol–water partition coefficient (Wildman–Crippen LogP) is 9.53. The van der Waals surface area contributed by atoms with Crippen LogP contribution in [0.2, 0.25) is 25.7 Å². The van der Waals surface area contributed by atoms with Crippen LogP contribution in [0.4, 0.5) is 11.4 Å². The summed E-state index contributed by atoms with van der Waals surface area (Å²) in [6.45, 7) is 23.9. The molecule has 0 saturated carbocycles. The van der Waals surface area contributed by atoms with E-state index in [1.54, 1.807) is 57.2 Å². The average Bonchev–Trinajstić information content (AvgIpc) is 2.84. The maximum absolute atomic E-state index is 13.2. The van der Waals surface area contributed by atoms with Crippen molar-refractivity contribution in [2.75, 3.05) is 40.7 Å². The van der Waals surface area contributed by atoms with E-state index in [2.05, 4.69) is 78.1 Å². The number of H-pyrrole nitrogens is 1. The highest BCUT2D eigenvalue weighted by Crippen LogP contribution is 2.40. The number of carboxylic acids is 1. The zero-order valence-electron chi connectivity index (χ0n) is 51.5. The minimum absolute atomic E-state index is 0.0424. The summed E-state index contributed by atoms with van der Waals surface area (Å²) in [7, 11) is -7.07. The normalized spacial score (nSPS) is 19.2. The summed E-state index contributed by atoms with van der Waals surface area (Å²) in [5.41, 5.74) is 13.5. The van der Waals surface area contributed by atoms with E-state index in [4.69, 9.17) is 10.5 Å². The lowest BCUT2D eigenvalue weighted by molar-refractivity contribution is 0.0666. The van der Waals surface area contributed by atoms with Crippen molar-refractivity contribution in [3.8, 4) is 0 Å². The minimum atomic E-state index is -3.03. The molecule has 464 valence electrons. The number of carboxylic acid groups (broad SMARTS) is 1. The third-order valence-corrected chi connectivity index (χ3v) is 22.3. The number of nitrogens with two attached hydrogens (primary N) is 1. The van der Waals surface area contributed by atoms with Gasteiger partial charge in [0.2, 0.25) is 0 Å². The van der Waals surface area contributed by atoms with E-state index in [1.807, 2.05) is 57.9 Å². The van der Waals surface area contributed by atoms with Gasteiger partial charge < -0.3 is 31.1 Å². The fourth-order valence-corrected chi connectivity index (χ4v) is 15.8. The summed E-state index contributed by atoms with van der Waals surface area (Å²) < 4.78 is 59.1. The van der Waals surface area contributed by atoms with Crippen molar-refractivity contribution < 1.29 is 46.5 Å². The zero-order chi connectivity index (χ0) is 62.1. The first-order valence-corrected chi connectivity index (χ1v) is 37.1. The molecule has 2 unspecified atom stereocenters. The molecule has 2 atom stereocenters.